The summed E-state index contributed by atoms with van der Waals surface area (Å²) in [6, 6.07) is 3.61. The van der Waals surface area contributed by atoms with Crippen LogP contribution in [0, 0.1) is 17.0 Å². The Kier molecular flexibility index (Phi) is 3.85. The number of benzene rings is 1. The SMILES string of the molecule is COc1cc(Br)c(C)cc1/C=C/[N+](=O)[O-]. The van der Waals surface area contributed by atoms with E-state index in [1.165, 1.54) is 13.2 Å². The summed E-state index contributed by atoms with van der Waals surface area (Å²) in [5.41, 5.74) is 1.69. The first-order chi connectivity index (χ1) is 7.04. The van der Waals surface area contributed by atoms with Gasteiger partial charge >= 0.3 is 0 Å². The van der Waals surface area contributed by atoms with Crippen molar-refractivity contribution in [1.29, 1.82) is 0 Å². The summed E-state index contributed by atoms with van der Waals surface area (Å²) < 4.78 is 6.02. The lowest BCUT2D eigenvalue weighted by Crippen LogP contribution is -1.90. The van der Waals surface area contributed by atoms with Gasteiger partial charge in [0, 0.05) is 16.1 Å². The van der Waals surface area contributed by atoms with Crippen LogP contribution in [0.2, 0.25) is 0 Å². The first kappa shape index (κ1) is 11.7. The lowest BCUT2D eigenvalue weighted by molar-refractivity contribution is -0.400. The molecule has 0 fully saturated rings. The van der Waals surface area contributed by atoms with Crippen LogP contribution in [0.25, 0.3) is 6.08 Å². The van der Waals surface area contributed by atoms with Gasteiger partial charge in [-0.3, -0.25) is 10.1 Å². The van der Waals surface area contributed by atoms with E-state index in [2.05, 4.69) is 15.9 Å². The van der Waals surface area contributed by atoms with Crippen molar-refractivity contribution in [3.05, 3.63) is 44.0 Å². The summed E-state index contributed by atoms with van der Waals surface area (Å²) in [5.74, 6) is 0.602. The highest BCUT2D eigenvalue weighted by Crippen LogP contribution is 2.27. The lowest BCUT2D eigenvalue weighted by atomic mass is 10.1. The Morgan fingerprint density at radius 3 is 2.73 bits per heavy atom. The molecule has 0 heterocycles. The van der Waals surface area contributed by atoms with Crippen LogP contribution < -0.4 is 4.74 Å². The number of aryl methyl sites for hydroxylation is 1. The first-order valence-electron chi connectivity index (χ1n) is 4.20. The minimum Gasteiger partial charge on any atom is -0.496 e. The molecule has 0 spiro atoms. The Hall–Kier alpha value is -1.36. The van der Waals surface area contributed by atoms with Gasteiger partial charge in [-0.15, -0.1) is 0 Å². The van der Waals surface area contributed by atoms with Crippen molar-refractivity contribution in [3.8, 4) is 5.75 Å². The first-order valence-corrected chi connectivity index (χ1v) is 4.99. The van der Waals surface area contributed by atoms with Crippen molar-refractivity contribution in [2.24, 2.45) is 0 Å². The molecule has 0 saturated carbocycles. The van der Waals surface area contributed by atoms with Crippen LogP contribution in [0.5, 0.6) is 5.75 Å². The fourth-order valence-corrected chi connectivity index (χ4v) is 1.46. The molecular formula is C10H10BrNO3. The van der Waals surface area contributed by atoms with E-state index in [-0.39, 0.29) is 0 Å². The fourth-order valence-electron chi connectivity index (χ4n) is 1.13. The van der Waals surface area contributed by atoms with Crippen LogP contribution in [0.1, 0.15) is 11.1 Å². The van der Waals surface area contributed by atoms with Crippen molar-refractivity contribution in [3.63, 3.8) is 0 Å². The fraction of sp³-hybridized carbons (Fsp3) is 0.200. The van der Waals surface area contributed by atoms with Crippen molar-refractivity contribution in [2.75, 3.05) is 7.11 Å². The third-order valence-corrected chi connectivity index (χ3v) is 2.74. The van der Waals surface area contributed by atoms with Crippen LogP contribution in [-0.2, 0) is 0 Å². The second-order valence-corrected chi connectivity index (χ2v) is 3.80. The van der Waals surface area contributed by atoms with Crippen LogP contribution in [0.4, 0.5) is 0 Å². The summed E-state index contributed by atoms with van der Waals surface area (Å²) in [6.07, 6.45) is 2.31. The molecule has 4 nitrogen and oxygen atoms in total. The Morgan fingerprint density at radius 1 is 1.53 bits per heavy atom. The van der Waals surface area contributed by atoms with E-state index in [1.807, 2.05) is 13.0 Å². The number of nitrogens with zero attached hydrogens (tertiary/aromatic N) is 1. The van der Waals surface area contributed by atoms with Gasteiger partial charge in [0.15, 0.2) is 0 Å². The average molecular weight is 272 g/mol. The van der Waals surface area contributed by atoms with Crippen molar-refractivity contribution >= 4 is 22.0 Å². The molecule has 0 bridgehead atoms. The quantitative estimate of drug-likeness (QED) is 0.627. The third kappa shape index (κ3) is 3.06. The molecule has 0 radical (unpaired) electrons. The third-order valence-electron chi connectivity index (χ3n) is 1.89. The minimum absolute atomic E-state index is 0.503. The summed E-state index contributed by atoms with van der Waals surface area (Å²) in [4.78, 5) is 9.69. The molecule has 15 heavy (non-hydrogen) atoms. The second-order valence-electron chi connectivity index (χ2n) is 2.94. The van der Waals surface area contributed by atoms with E-state index < -0.39 is 4.92 Å². The highest BCUT2D eigenvalue weighted by atomic mass is 79.9. The van der Waals surface area contributed by atoms with Crippen molar-refractivity contribution in [1.82, 2.24) is 0 Å². The van der Waals surface area contributed by atoms with Gasteiger partial charge in [-0.05, 0) is 24.6 Å². The largest absolute Gasteiger partial charge is 0.496 e. The van der Waals surface area contributed by atoms with Gasteiger partial charge < -0.3 is 4.74 Å². The molecule has 0 saturated heterocycles. The van der Waals surface area contributed by atoms with Gasteiger partial charge in [0.25, 0.3) is 0 Å². The van der Waals surface area contributed by atoms with E-state index in [0.717, 1.165) is 16.2 Å². The zero-order valence-corrected chi connectivity index (χ0v) is 9.95. The Balaban J connectivity index is 3.16. The van der Waals surface area contributed by atoms with Crippen molar-refractivity contribution < 1.29 is 9.66 Å². The zero-order chi connectivity index (χ0) is 11.4. The monoisotopic (exact) mass is 271 g/mol. The van der Waals surface area contributed by atoms with Crippen LogP contribution in [0.3, 0.4) is 0 Å². The van der Waals surface area contributed by atoms with E-state index in [9.17, 15) is 10.1 Å². The zero-order valence-electron chi connectivity index (χ0n) is 8.36. The van der Waals surface area contributed by atoms with Gasteiger partial charge in [0.2, 0.25) is 6.20 Å². The molecule has 1 aromatic carbocycles. The predicted molar refractivity (Wildman–Crippen MR) is 61.5 cm³/mol. The number of rotatable bonds is 3. The summed E-state index contributed by atoms with van der Waals surface area (Å²) in [5, 5.41) is 10.2. The highest BCUT2D eigenvalue weighted by Gasteiger charge is 2.04. The molecule has 1 aromatic rings. The molecule has 0 amide bonds. The highest BCUT2D eigenvalue weighted by molar-refractivity contribution is 9.10. The maximum atomic E-state index is 10.2. The number of hydrogen-bond acceptors (Lipinski definition) is 3. The molecule has 0 aliphatic heterocycles. The van der Waals surface area contributed by atoms with Crippen LogP contribution in [-0.4, -0.2) is 12.0 Å². The summed E-state index contributed by atoms with van der Waals surface area (Å²) in [7, 11) is 1.53. The van der Waals surface area contributed by atoms with Gasteiger partial charge in [-0.25, -0.2) is 0 Å². The van der Waals surface area contributed by atoms with Crippen LogP contribution >= 0.6 is 15.9 Å². The summed E-state index contributed by atoms with van der Waals surface area (Å²) >= 11 is 3.36. The Morgan fingerprint density at radius 2 is 2.20 bits per heavy atom. The van der Waals surface area contributed by atoms with E-state index in [4.69, 9.17) is 4.74 Å². The van der Waals surface area contributed by atoms with Gasteiger partial charge in [-0.2, -0.15) is 0 Å². The number of halogens is 1. The Labute approximate surface area is 95.8 Å². The molecule has 0 aliphatic rings. The van der Waals surface area contributed by atoms with E-state index in [1.54, 1.807) is 6.07 Å². The standard InChI is InChI=1S/C10H10BrNO3/c1-7-5-8(3-4-12(13)14)10(15-2)6-9(7)11/h3-6H,1-2H3/b4-3+. The number of methoxy groups -OCH3 is 1. The predicted octanol–water partition coefficient (Wildman–Crippen LogP) is 3.01. The average Bonchev–Trinajstić information content (AvgIpc) is 2.19. The number of hydrogen-bond donors (Lipinski definition) is 0. The molecule has 0 atom stereocenters. The molecule has 80 valence electrons. The van der Waals surface area contributed by atoms with E-state index in [0.29, 0.717) is 11.3 Å². The van der Waals surface area contributed by atoms with Gasteiger partial charge in [0.1, 0.15) is 5.75 Å². The maximum absolute atomic E-state index is 10.2. The second kappa shape index (κ2) is 4.93. The van der Waals surface area contributed by atoms with Crippen LogP contribution in [0.15, 0.2) is 22.8 Å². The van der Waals surface area contributed by atoms with Gasteiger partial charge in [0.05, 0.1) is 12.0 Å². The molecule has 0 aliphatic carbocycles. The van der Waals surface area contributed by atoms with Gasteiger partial charge in [-0.1, -0.05) is 15.9 Å². The maximum Gasteiger partial charge on any atom is 0.235 e. The number of nitro groups is 1. The molecule has 0 unspecified atom stereocenters. The normalized spacial score (nSPS) is 10.6. The number of ether oxygens (including phenoxy) is 1. The molecule has 5 heteroatoms. The molecule has 0 aromatic heterocycles. The Bertz CT molecular complexity index is 415. The molecule has 1 rings (SSSR count). The van der Waals surface area contributed by atoms with Crippen molar-refractivity contribution in [2.45, 2.75) is 6.92 Å². The molecular weight excluding hydrogens is 262 g/mol. The summed E-state index contributed by atoms with van der Waals surface area (Å²) in [6.45, 7) is 1.91. The topological polar surface area (TPSA) is 52.4 Å². The smallest absolute Gasteiger partial charge is 0.235 e. The molecule has 0 N–H and O–H groups in total. The lowest BCUT2D eigenvalue weighted by Gasteiger charge is -2.06. The minimum atomic E-state index is -0.503. The van der Waals surface area contributed by atoms with E-state index >= 15 is 0 Å².